The Morgan fingerprint density at radius 3 is 2.50 bits per heavy atom. The highest BCUT2D eigenvalue weighted by molar-refractivity contribution is 5.94. The van der Waals surface area contributed by atoms with Crippen LogP contribution in [0.5, 0.6) is 0 Å². The molecule has 2 aromatic rings. The van der Waals surface area contributed by atoms with Crippen molar-refractivity contribution < 1.29 is 14.7 Å². The molecule has 0 spiro atoms. The number of rotatable bonds is 7. The summed E-state index contributed by atoms with van der Waals surface area (Å²) in [6.07, 6.45) is 3.15. The van der Waals surface area contributed by atoms with Crippen molar-refractivity contribution in [2.24, 2.45) is 0 Å². The molecule has 1 aromatic heterocycles. The number of carbonyl (C=O) groups excluding carboxylic acids is 1. The summed E-state index contributed by atoms with van der Waals surface area (Å²) in [6, 6.07) is 8.36. The average Bonchev–Trinajstić information content (AvgIpc) is 2.51. The molecule has 6 heteroatoms. The molecule has 2 rings (SSSR count). The summed E-state index contributed by atoms with van der Waals surface area (Å²) in [5.41, 5.74) is 3.61. The first-order valence-electron chi connectivity index (χ1n) is 7.67. The number of amides is 1. The van der Waals surface area contributed by atoms with Gasteiger partial charge in [0.05, 0.1) is 6.42 Å². The van der Waals surface area contributed by atoms with Gasteiger partial charge in [0, 0.05) is 24.6 Å². The highest BCUT2D eigenvalue weighted by atomic mass is 16.4. The second-order valence-corrected chi connectivity index (χ2v) is 5.76. The van der Waals surface area contributed by atoms with Crippen molar-refractivity contribution in [3.63, 3.8) is 0 Å². The van der Waals surface area contributed by atoms with Crippen molar-refractivity contribution in [3.05, 3.63) is 59.4 Å². The molecular formula is C18H21N3O3. The van der Waals surface area contributed by atoms with E-state index < -0.39 is 12.0 Å². The molecule has 0 aliphatic heterocycles. The third kappa shape index (κ3) is 5.48. The Morgan fingerprint density at radius 1 is 1.21 bits per heavy atom. The van der Waals surface area contributed by atoms with Crippen LogP contribution in [0.3, 0.4) is 0 Å². The molecule has 126 valence electrons. The average molecular weight is 327 g/mol. The molecule has 1 heterocycles. The van der Waals surface area contributed by atoms with Crippen LogP contribution in [0.1, 0.15) is 23.1 Å². The fourth-order valence-corrected chi connectivity index (χ4v) is 2.43. The SMILES string of the molecule is Cc1cc(C)cc(NC(=O)CC(NCc2cccnc2)C(=O)O)c1. The molecule has 0 radical (unpaired) electrons. The molecule has 0 aliphatic carbocycles. The Bertz CT molecular complexity index is 696. The van der Waals surface area contributed by atoms with Crippen molar-refractivity contribution in [1.82, 2.24) is 10.3 Å². The molecule has 24 heavy (non-hydrogen) atoms. The molecule has 6 nitrogen and oxygen atoms in total. The van der Waals surface area contributed by atoms with Crippen LogP contribution in [0.4, 0.5) is 5.69 Å². The van der Waals surface area contributed by atoms with Crippen LogP contribution in [-0.2, 0) is 16.1 Å². The molecule has 0 saturated carbocycles. The predicted molar refractivity (Wildman–Crippen MR) is 91.7 cm³/mol. The summed E-state index contributed by atoms with van der Waals surface area (Å²) in [5.74, 6) is -1.40. The molecule has 0 aliphatic rings. The van der Waals surface area contributed by atoms with Crippen LogP contribution < -0.4 is 10.6 Å². The minimum atomic E-state index is -1.06. The van der Waals surface area contributed by atoms with Gasteiger partial charge >= 0.3 is 5.97 Å². The number of pyridine rings is 1. The van der Waals surface area contributed by atoms with Gasteiger partial charge in [0.1, 0.15) is 6.04 Å². The van der Waals surface area contributed by atoms with Gasteiger partial charge in [0.25, 0.3) is 0 Å². The maximum atomic E-state index is 12.1. The van der Waals surface area contributed by atoms with Gasteiger partial charge in [-0.3, -0.25) is 19.9 Å². The second kappa shape index (κ2) is 8.21. The lowest BCUT2D eigenvalue weighted by Gasteiger charge is -2.15. The number of carboxylic acid groups (broad SMARTS) is 1. The van der Waals surface area contributed by atoms with Crippen molar-refractivity contribution in [1.29, 1.82) is 0 Å². The number of nitrogens with one attached hydrogen (secondary N) is 2. The smallest absolute Gasteiger partial charge is 0.321 e. The lowest BCUT2D eigenvalue weighted by atomic mass is 10.1. The van der Waals surface area contributed by atoms with Gasteiger partial charge in [-0.2, -0.15) is 0 Å². The van der Waals surface area contributed by atoms with Crippen LogP contribution >= 0.6 is 0 Å². The normalized spacial score (nSPS) is 11.8. The van der Waals surface area contributed by atoms with Crippen molar-refractivity contribution in [2.45, 2.75) is 32.9 Å². The summed E-state index contributed by atoms with van der Waals surface area (Å²) >= 11 is 0. The zero-order chi connectivity index (χ0) is 17.5. The summed E-state index contributed by atoms with van der Waals surface area (Å²) in [7, 11) is 0. The van der Waals surface area contributed by atoms with E-state index in [2.05, 4.69) is 15.6 Å². The van der Waals surface area contributed by atoms with E-state index in [1.165, 1.54) is 0 Å². The maximum Gasteiger partial charge on any atom is 0.321 e. The van der Waals surface area contributed by atoms with E-state index in [1.807, 2.05) is 38.1 Å². The summed E-state index contributed by atoms with van der Waals surface area (Å²) in [4.78, 5) is 27.5. The number of carboxylic acids is 1. The zero-order valence-corrected chi connectivity index (χ0v) is 13.7. The van der Waals surface area contributed by atoms with E-state index in [1.54, 1.807) is 18.5 Å². The highest BCUT2D eigenvalue weighted by Crippen LogP contribution is 2.14. The lowest BCUT2D eigenvalue weighted by molar-refractivity contribution is -0.141. The number of aliphatic carboxylic acids is 1. The number of anilines is 1. The number of carbonyl (C=O) groups is 2. The van der Waals surface area contributed by atoms with E-state index in [4.69, 9.17) is 0 Å². The standard InChI is InChI=1S/C18H21N3O3/c1-12-6-13(2)8-15(7-12)21-17(22)9-16(18(23)24)20-11-14-4-3-5-19-10-14/h3-8,10,16,20H,9,11H2,1-2H3,(H,21,22)(H,23,24). The van der Waals surface area contributed by atoms with Gasteiger partial charge in [-0.25, -0.2) is 0 Å². The minimum Gasteiger partial charge on any atom is -0.480 e. The van der Waals surface area contributed by atoms with Gasteiger partial charge in [0.2, 0.25) is 5.91 Å². The summed E-state index contributed by atoms with van der Waals surface area (Å²) < 4.78 is 0. The van der Waals surface area contributed by atoms with Crippen molar-refractivity contribution in [3.8, 4) is 0 Å². The quantitative estimate of drug-likeness (QED) is 0.725. The summed E-state index contributed by atoms with van der Waals surface area (Å²) in [5, 5.41) is 14.9. The zero-order valence-electron chi connectivity index (χ0n) is 13.7. The number of aromatic nitrogens is 1. The third-order valence-electron chi connectivity index (χ3n) is 3.47. The monoisotopic (exact) mass is 327 g/mol. The van der Waals surface area contributed by atoms with Gasteiger partial charge in [-0.05, 0) is 48.7 Å². The van der Waals surface area contributed by atoms with Gasteiger partial charge < -0.3 is 10.4 Å². The molecular weight excluding hydrogens is 306 g/mol. The molecule has 3 N–H and O–H groups in total. The fraction of sp³-hybridized carbons (Fsp3) is 0.278. The number of benzene rings is 1. The molecule has 1 atom stereocenters. The number of hydrogen-bond donors (Lipinski definition) is 3. The third-order valence-corrected chi connectivity index (χ3v) is 3.47. The molecule has 0 bridgehead atoms. The predicted octanol–water partition coefficient (Wildman–Crippen LogP) is 2.27. The van der Waals surface area contributed by atoms with Crippen LogP contribution in [0.2, 0.25) is 0 Å². The molecule has 1 amide bonds. The van der Waals surface area contributed by atoms with E-state index in [9.17, 15) is 14.7 Å². The van der Waals surface area contributed by atoms with Gasteiger partial charge in [0.15, 0.2) is 0 Å². The number of hydrogen-bond acceptors (Lipinski definition) is 4. The first-order chi connectivity index (χ1) is 11.4. The van der Waals surface area contributed by atoms with Crippen LogP contribution in [-0.4, -0.2) is 28.0 Å². The van der Waals surface area contributed by atoms with Crippen LogP contribution in [0.15, 0.2) is 42.7 Å². The molecule has 1 unspecified atom stereocenters. The fourth-order valence-electron chi connectivity index (χ4n) is 2.43. The van der Waals surface area contributed by atoms with Crippen LogP contribution in [0.25, 0.3) is 0 Å². The Balaban J connectivity index is 1.94. The Hall–Kier alpha value is -2.73. The topological polar surface area (TPSA) is 91.3 Å². The first kappa shape index (κ1) is 17.6. The second-order valence-electron chi connectivity index (χ2n) is 5.76. The van der Waals surface area contributed by atoms with E-state index in [-0.39, 0.29) is 12.3 Å². The van der Waals surface area contributed by atoms with E-state index in [0.29, 0.717) is 12.2 Å². The minimum absolute atomic E-state index is 0.150. The van der Waals surface area contributed by atoms with Gasteiger partial charge in [-0.15, -0.1) is 0 Å². The van der Waals surface area contributed by atoms with Crippen molar-refractivity contribution >= 4 is 17.6 Å². The number of aryl methyl sites for hydroxylation is 2. The molecule has 0 saturated heterocycles. The Labute approximate surface area is 140 Å². The first-order valence-corrected chi connectivity index (χ1v) is 7.67. The maximum absolute atomic E-state index is 12.1. The Kier molecular flexibility index (Phi) is 6.03. The molecule has 1 aromatic carbocycles. The number of nitrogens with zero attached hydrogens (tertiary/aromatic N) is 1. The van der Waals surface area contributed by atoms with Crippen molar-refractivity contribution in [2.75, 3.05) is 5.32 Å². The van der Waals surface area contributed by atoms with E-state index in [0.717, 1.165) is 16.7 Å². The molecule has 0 fully saturated rings. The largest absolute Gasteiger partial charge is 0.480 e. The lowest BCUT2D eigenvalue weighted by Crippen LogP contribution is -2.39. The summed E-state index contributed by atoms with van der Waals surface area (Å²) in [6.45, 7) is 4.22. The van der Waals surface area contributed by atoms with Crippen LogP contribution in [0, 0.1) is 13.8 Å². The Morgan fingerprint density at radius 2 is 1.92 bits per heavy atom. The highest BCUT2D eigenvalue weighted by Gasteiger charge is 2.20. The van der Waals surface area contributed by atoms with E-state index >= 15 is 0 Å². The van der Waals surface area contributed by atoms with Gasteiger partial charge in [-0.1, -0.05) is 12.1 Å².